The standard InChI is InChI=1S/C24H32N4O3.HI/c1-27(2)23(29)16-26-24(25-12-10-18-8-6-5-7-9-18)28-13-11-19-14-21(30-3)22(31-4)15-20(19)17-28;/h5-9,14-15H,10-13,16-17H2,1-4H3,(H,25,26);1H. The summed E-state index contributed by atoms with van der Waals surface area (Å²) in [5.41, 5.74) is 3.70. The number of carbonyl (C=O) groups is 1. The maximum atomic E-state index is 12.1. The van der Waals surface area contributed by atoms with Gasteiger partial charge in [-0.05, 0) is 41.7 Å². The van der Waals surface area contributed by atoms with E-state index in [-0.39, 0.29) is 36.4 Å². The molecule has 32 heavy (non-hydrogen) atoms. The van der Waals surface area contributed by atoms with Crippen molar-refractivity contribution < 1.29 is 14.3 Å². The summed E-state index contributed by atoms with van der Waals surface area (Å²) in [7, 11) is 6.80. The summed E-state index contributed by atoms with van der Waals surface area (Å²) in [5, 5.41) is 3.46. The average Bonchev–Trinajstić information content (AvgIpc) is 2.80. The van der Waals surface area contributed by atoms with E-state index in [1.807, 2.05) is 24.3 Å². The monoisotopic (exact) mass is 552 g/mol. The van der Waals surface area contributed by atoms with Gasteiger partial charge in [-0.3, -0.25) is 4.79 Å². The number of methoxy groups -OCH3 is 2. The minimum absolute atomic E-state index is 0. The highest BCUT2D eigenvalue weighted by molar-refractivity contribution is 14.0. The van der Waals surface area contributed by atoms with Gasteiger partial charge in [-0.1, -0.05) is 30.3 Å². The first kappa shape index (κ1) is 25.8. The lowest BCUT2D eigenvalue weighted by Gasteiger charge is -2.32. The largest absolute Gasteiger partial charge is 0.493 e. The van der Waals surface area contributed by atoms with E-state index in [1.165, 1.54) is 16.7 Å². The lowest BCUT2D eigenvalue weighted by atomic mass is 9.99. The van der Waals surface area contributed by atoms with Crippen LogP contribution in [0.1, 0.15) is 16.7 Å². The number of fused-ring (bicyclic) bond motifs is 1. The van der Waals surface area contributed by atoms with Gasteiger partial charge in [0.2, 0.25) is 5.91 Å². The predicted molar refractivity (Wildman–Crippen MR) is 138 cm³/mol. The molecule has 0 aliphatic carbocycles. The van der Waals surface area contributed by atoms with Gasteiger partial charge < -0.3 is 24.6 Å². The minimum atomic E-state index is -0.0221. The van der Waals surface area contributed by atoms with Crippen molar-refractivity contribution in [2.45, 2.75) is 19.4 Å². The quantitative estimate of drug-likeness (QED) is 0.325. The van der Waals surface area contributed by atoms with Crippen LogP contribution in [0.15, 0.2) is 47.5 Å². The molecule has 1 amide bonds. The second-order valence-electron chi connectivity index (χ2n) is 7.74. The number of halogens is 1. The normalized spacial score (nSPS) is 13.0. The molecule has 2 aromatic carbocycles. The maximum Gasteiger partial charge on any atom is 0.243 e. The zero-order valence-corrected chi connectivity index (χ0v) is 21.6. The Kier molecular flexibility index (Phi) is 10.1. The van der Waals surface area contributed by atoms with Crippen LogP contribution in [0.25, 0.3) is 0 Å². The molecule has 7 nitrogen and oxygen atoms in total. The molecule has 0 unspecified atom stereocenters. The number of amides is 1. The number of nitrogens with one attached hydrogen (secondary N) is 1. The number of hydrogen-bond donors (Lipinski definition) is 1. The Bertz CT molecular complexity index is 919. The van der Waals surface area contributed by atoms with Gasteiger partial charge in [0.25, 0.3) is 0 Å². The summed E-state index contributed by atoms with van der Waals surface area (Å²) in [5.74, 6) is 2.21. The minimum Gasteiger partial charge on any atom is -0.493 e. The molecule has 0 bridgehead atoms. The summed E-state index contributed by atoms with van der Waals surface area (Å²) in [6, 6.07) is 14.4. The predicted octanol–water partition coefficient (Wildman–Crippen LogP) is 2.96. The molecule has 2 aromatic rings. The number of hydrogen-bond acceptors (Lipinski definition) is 4. The average molecular weight is 552 g/mol. The third-order valence-electron chi connectivity index (χ3n) is 5.42. The molecule has 1 aliphatic rings. The van der Waals surface area contributed by atoms with Crippen LogP contribution >= 0.6 is 24.0 Å². The first-order valence-electron chi connectivity index (χ1n) is 10.5. The van der Waals surface area contributed by atoms with Crippen LogP contribution in [-0.2, 0) is 24.2 Å². The van der Waals surface area contributed by atoms with Crippen LogP contribution < -0.4 is 14.8 Å². The smallest absolute Gasteiger partial charge is 0.243 e. The molecule has 0 radical (unpaired) electrons. The van der Waals surface area contributed by atoms with Gasteiger partial charge in [0.15, 0.2) is 17.5 Å². The third-order valence-corrected chi connectivity index (χ3v) is 5.42. The van der Waals surface area contributed by atoms with E-state index in [9.17, 15) is 4.79 Å². The van der Waals surface area contributed by atoms with Crippen molar-refractivity contribution in [2.75, 3.05) is 47.9 Å². The zero-order valence-electron chi connectivity index (χ0n) is 19.3. The Labute approximate surface area is 207 Å². The fourth-order valence-corrected chi connectivity index (χ4v) is 3.58. The first-order chi connectivity index (χ1) is 15.0. The Hall–Kier alpha value is -2.49. The van der Waals surface area contributed by atoms with E-state index in [2.05, 4.69) is 33.4 Å². The third kappa shape index (κ3) is 6.75. The van der Waals surface area contributed by atoms with Crippen molar-refractivity contribution >= 4 is 35.8 Å². The summed E-state index contributed by atoms with van der Waals surface area (Å²) in [6.45, 7) is 2.38. The summed E-state index contributed by atoms with van der Waals surface area (Å²) >= 11 is 0. The number of likely N-dealkylation sites (N-methyl/N-ethyl adjacent to an activating group) is 1. The van der Waals surface area contributed by atoms with Crippen LogP contribution in [-0.4, -0.2) is 69.6 Å². The summed E-state index contributed by atoms with van der Waals surface area (Å²) in [6.07, 6.45) is 1.76. The molecule has 8 heteroatoms. The maximum absolute atomic E-state index is 12.1. The number of rotatable bonds is 7. The summed E-state index contributed by atoms with van der Waals surface area (Å²) < 4.78 is 10.9. The van der Waals surface area contributed by atoms with Gasteiger partial charge in [-0.2, -0.15) is 0 Å². The van der Waals surface area contributed by atoms with Crippen LogP contribution in [0.2, 0.25) is 0 Å². The Morgan fingerprint density at radius 2 is 1.75 bits per heavy atom. The molecule has 0 atom stereocenters. The molecule has 174 valence electrons. The van der Waals surface area contributed by atoms with E-state index in [1.54, 1.807) is 33.2 Å². The van der Waals surface area contributed by atoms with Crippen molar-refractivity contribution in [1.82, 2.24) is 15.1 Å². The molecule has 1 heterocycles. The molecule has 1 N–H and O–H groups in total. The number of ether oxygens (including phenoxy) is 2. The number of benzene rings is 2. The van der Waals surface area contributed by atoms with Crippen molar-refractivity contribution in [2.24, 2.45) is 4.99 Å². The number of nitrogens with zero attached hydrogens (tertiary/aromatic N) is 3. The van der Waals surface area contributed by atoms with E-state index in [0.29, 0.717) is 6.54 Å². The molecule has 0 spiro atoms. The highest BCUT2D eigenvalue weighted by atomic mass is 127. The second kappa shape index (κ2) is 12.5. The highest BCUT2D eigenvalue weighted by Gasteiger charge is 2.22. The number of carbonyl (C=O) groups excluding carboxylic acids is 1. The van der Waals surface area contributed by atoms with Crippen LogP contribution in [0, 0.1) is 0 Å². The van der Waals surface area contributed by atoms with Crippen molar-refractivity contribution in [3.05, 3.63) is 59.2 Å². The molecular weight excluding hydrogens is 519 g/mol. The van der Waals surface area contributed by atoms with Crippen LogP contribution in [0.4, 0.5) is 0 Å². The fourth-order valence-electron chi connectivity index (χ4n) is 3.58. The molecule has 1 aliphatic heterocycles. The van der Waals surface area contributed by atoms with Gasteiger partial charge in [0, 0.05) is 33.7 Å². The molecule has 3 rings (SSSR count). The van der Waals surface area contributed by atoms with Crippen LogP contribution in [0.5, 0.6) is 11.5 Å². The number of aliphatic imine (C=N–C) groups is 1. The van der Waals surface area contributed by atoms with Gasteiger partial charge in [-0.25, -0.2) is 4.99 Å². The molecule has 0 saturated carbocycles. The van der Waals surface area contributed by atoms with Gasteiger partial charge in [0.05, 0.1) is 14.2 Å². The lowest BCUT2D eigenvalue weighted by Crippen LogP contribution is -2.45. The Morgan fingerprint density at radius 3 is 2.38 bits per heavy atom. The topological polar surface area (TPSA) is 66.4 Å². The SMILES string of the molecule is COc1cc2c(cc1OC)CN(C(=NCC(=O)N(C)C)NCCc1ccccc1)CC2.I. The second-order valence-corrected chi connectivity index (χ2v) is 7.74. The van der Waals surface area contributed by atoms with Crippen LogP contribution in [0.3, 0.4) is 0 Å². The Morgan fingerprint density at radius 1 is 1.09 bits per heavy atom. The molecule has 0 aromatic heterocycles. The first-order valence-corrected chi connectivity index (χ1v) is 10.5. The number of guanidine groups is 1. The zero-order chi connectivity index (χ0) is 22.2. The van der Waals surface area contributed by atoms with E-state index < -0.39 is 0 Å². The summed E-state index contributed by atoms with van der Waals surface area (Å²) in [4.78, 5) is 20.5. The van der Waals surface area contributed by atoms with Gasteiger partial charge in [-0.15, -0.1) is 24.0 Å². The molecular formula is C24H33IN4O3. The van der Waals surface area contributed by atoms with Crippen molar-refractivity contribution in [3.63, 3.8) is 0 Å². The molecule has 0 fully saturated rings. The van der Waals surface area contributed by atoms with E-state index in [0.717, 1.165) is 43.4 Å². The lowest BCUT2D eigenvalue weighted by molar-refractivity contribution is -0.127. The van der Waals surface area contributed by atoms with Gasteiger partial charge >= 0.3 is 0 Å². The van der Waals surface area contributed by atoms with Gasteiger partial charge in [0.1, 0.15) is 6.54 Å². The molecule has 0 saturated heterocycles. The fraction of sp³-hybridized carbons (Fsp3) is 0.417. The van der Waals surface area contributed by atoms with Crippen molar-refractivity contribution in [1.29, 1.82) is 0 Å². The van der Waals surface area contributed by atoms with E-state index >= 15 is 0 Å². The highest BCUT2D eigenvalue weighted by Crippen LogP contribution is 2.33. The van der Waals surface area contributed by atoms with Crippen molar-refractivity contribution in [3.8, 4) is 11.5 Å². The van der Waals surface area contributed by atoms with E-state index in [4.69, 9.17) is 9.47 Å². The Balaban J connectivity index is 0.00000363.